The highest BCUT2D eigenvalue weighted by Crippen LogP contribution is 2.35. The number of hydrogen-bond acceptors (Lipinski definition) is 3. The second-order valence-electron chi connectivity index (χ2n) is 6.17. The zero-order valence-electron chi connectivity index (χ0n) is 14.2. The fourth-order valence-corrected chi connectivity index (χ4v) is 2.13. The average molecular weight is 365 g/mol. The molecule has 26 heavy (non-hydrogen) atoms. The molecular weight excluding hydrogens is 347 g/mol. The maximum atomic E-state index is 13.0. The lowest BCUT2D eigenvalue weighted by molar-refractivity contribution is -0.138. The van der Waals surface area contributed by atoms with E-state index in [9.17, 15) is 22.8 Å². The Morgan fingerprint density at radius 2 is 1.73 bits per heavy atom. The van der Waals surface area contributed by atoms with Gasteiger partial charge in [-0.2, -0.15) is 13.2 Å². The minimum atomic E-state index is -4.61. The highest BCUT2D eigenvalue weighted by Gasteiger charge is 2.38. The van der Waals surface area contributed by atoms with Crippen LogP contribution >= 0.6 is 0 Å². The Hall–Kier alpha value is -2.90. The van der Waals surface area contributed by atoms with E-state index in [2.05, 4.69) is 15.6 Å². The summed E-state index contributed by atoms with van der Waals surface area (Å²) in [6.07, 6.45) is -1.47. The quantitative estimate of drug-likeness (QED) is 0.798. The predicted octanol–water partition coefficient (Wildman–Crippen LogP) is 3.38. The van der Waals surface area contributed by atoms with Crippen LogP contribution in [-0.4, -0.2) is 16.8 Å². The number of pyridine rings is 1. The third kappa shape index (κ3) is 4.59. The summed E-state index contributed by atoms with van der Waals surface area (Å²) in [5.74, 6) is -1.44. The predicted molar refractivity (Wildman–Crippen MR) is 89.9 cm³/mol. The molecular formula is C18H18F3N3O2. The molecule has 2 N–H and O–H groups in total. The van der Waals surface area contributed by atoms with Crippen molar-refractivity contribution in [2.45, 2.75) is 26.6 Å². The standard InChI is InChI=1S/C18H18F3N3O2/c1-17(2,15(25)23-11-12-6-5-9-22-10-12)16(26)24-14-8-4-3-7-13(14)18(19,20)21/h3-10H,11H2,1-2H3,(H,23,25)(H,24,26). The molecule has 0 fully saturated rings. The lowest BCUT2D eigenvalue weighted by Crippen LogP contribution is -2.45. The maximum Gasteiger partial charge on any atom is 0.418 e. The number of rotatable bonds is 5. The molecule has 0 atom stereocenters. The molecule has 0 aliphatic rings. The van der Waals surface area contributed by atoms with Crippen molar-refractivity contribution in [1.29, 1.82) is 0 Å². The van der Waals surface area contributed by atoms with E-state index in [1.165, 1.54) is 26.0 Å². The summed E-state index contributed by atoms with van der Waals surface area (Å²) in [5, 5.41) is 4.79. The van der Waals surface area contributed by atoms with Gasteiger partial charge in [0.1, 0.15) is 5.41 Å². The molecule has 1 heterocycles. The number of alkyl halides is 3. The second kappa shape index (κ2) is 7.55. The van der Waals surface area contributed by atoms with Crippen LogP contribution in [0.5, 0.6) is 0 Å². The largest absolute Gasteiger partial charge is 0.418 e. The molecule has 0 aliphatic carbocycles. The fraction of sp³-hybridized carbons (Fsp3) is 0.278. The van der Waals surface area contributed by atoms with E-state index < -0.39 is 34.7 Å². The Balaban J connectivity index is 2.09. The summed E-state index contributed by atoms with van der Waals surface area (Å²) in [6.45, 7) is 2.84. The summed E-state index contributed by atoms with van der Waals surface area (Å²) < 4.78 is 39.1. The Bertz CT molecular complexity index is 790. The highest BCUT2D eigenvalue weighted by atomic mass is 19.4. The van der Waals surface area contributed by atoms with E-state index in [4.69, 9.17) is 0 Å². The van der Waals surface area contributed by atoms with Crippen molar-refractivity contribution in [1.82, 2.24) is 10.3 Å². The third-order valence-corrected chi connectivity index (χ3v) is 3.79. The van der Waals surface area contributed by atoms with Gasteiger partial charge in [-0.25, -0.2) is 0 Å². The smallest absolute Gasteiger partial charge is 0.351 e. The van der Waals surface area contributed by atoms with Gasteiger partial charge in [0.15, 0.2) is 0 Å². The van der Waals surface area contributed by atoms with Crippen LogP contribution in [0.25, 0.3) is 0 Å². The van der Waals surface area contributed by atoms with Gasteiger partial charge in [-0.1, -0.05) is 18.2 Å². The van der Waals surface area contributed by atoms with Crippen LogP contribution in [-0.2, 0) is 22.3 Å². The molecule has 0 unspecified atom stereocenters. The van der Waals surface area contributed by atoms with E-state index in [0.29, 0.717) is 0 Å². The first kappa shape index (κ1) is 19.4. The van der Waals surface area contributed by atoms with Gasteiger partial charge < -0.3 is 10.6 Å². The molecule has 0 saturated carbocycles. The van der Waals surface area contributed by atoms with E-state index in [-0.39, 0.29) is 6.54 Å². The summed E-state index contributed by atoms with van der Waals surface area (Å²) in [5.41, 5.74) is -2.20. The van der Waals surface area contributed by atoms with Crippen molar-refractivity contribution in [3.63, 3.8) is 0 Å². The van der Waals surface area contributed by atoms with Gasteiger partial charge >= 0.3 is 6.18 Å². The molecule has 0 spiro atoms. The molecule has 0 saturated heterocycles. The topological polar surface area (TPSA) is 71.1 Å². The number of amides is 2. The lowest BCUT2D eigenvalue weighted by atomic mass is 9.90. The average Bonchev–Trinajstić information content (AvgIpc) is 2.60. The Morgan fingerprint density at radius 1 is 1.04 bits per heavy atom. The number of benzene rings is 1. The van der Waals surface area contributed by atoms with Gasteiger partial charge in [-0.15, -0.1) is 0 Å². The first-order chi connectivity index (χ1) is 12.1. The van der Waals surface area contributed by atoms with Crippen molar-refractivity contribution >= 4 is 17.5 Å². The molecule has 2 aromatic rings. The molecule has 5 nitrogen and oxygen atoms in total. The van der Waals surface area contributed by atoms with E-state index in [1.807, 2.05) is 0 Å². The number of anilines is 1. The Morgan fingerprint density at radius 3 is 2.35 bits per heavy atom. The minimum absolute atomic E-state index is 0.155. The van der Waals surface area contributed by atoms with Crippen molar-refractivity contribution < 1.29 is 22.8 Å². The number of nitrogens with zero attached hydrogens (tertiary/aromatic N) is 1. The summed E-state index contributed by atoms with van der Waals surface area (Å²) in [4.78, 5) is 28.7. The van der Waals surface area contributed by atoms with E-state index >= 15 is 0 Å². The molecule has 0 aliphatic heterocycles. The van der Waals surface area contributed by atoms with E-state index in [0.717, 1.165) is 17.7 Å². The summed E-state index contributed by atoms with van der Waals surface area (Å²) in [6, 6.07) is 8.06. The monoisotopic (exact) mass is 365 g/mol. The number of nitrogens with one attached hydrogen (secondary N) is 2. The van der Waals surface area contributed by atoms with Crippen LogP contribution in [0.15, 0.2) is 48.8 Å². The number of aromatic nitrogens is 1. The van der Waals surface area contributed by atoms with Crippen molar-refractivity contribution in [2.75, 3.05) is 5.32 Å². The zero-order valence-corrected chi connectivity index (χ0v) is 14.2. The second-order valence-corrected chi connectivity index (χ2v) is 6.17. The molecule has 138 valence electrons. The maximum absolute atomic E-state index is 13.0. The molecule has 1 aromatic carbocycles. The normalized spacial score (nSPS) is 11.7. The summed E-state index contributed by atoms with van der Waals surface area (Å²) in [7, 11) is 0. The fourth-order valence-electron chi connectivity index (χ4n) is 2.13. The SMILES string of the molecule is CC(C)(C(=O)NCc1cccnc1)C(=O)Nc1ccccc1C(F)(F)F. The molecule has 0 radical (unpaired) electrons. The first-order valence-corrected chi connectivity index (χ1v) is 7.77. The van der Waals surface area contributed by atoms with Crippen molar-refractivity contribution in [2.24, 2.45) is 5.41 Å². The Labute approximate surface area is 148 Å². The van der Waals surface area contributed by atoms with Crippen molar-refractivity contribution in [3.05, 3.63) is 59.9 Å². The highest BCUT2D eigenvalue weighted by molar-refractivity contribution is 6.10. The third-order valence-electron chi connectivity index (χ3n) is 3.79. The van der Waals surface area contributed by atoms with Gasteiger partial charge in [0, 0.05) is 18.9 Å². The van der Waals surface area contributed by atoms with Gasteiger partial charge in [0.2, 0.25) is 11.8 Å². The number of hydrogen-bond donors (Lipinski definition) is 2. The first-order valence-electron chi connectivity index (χ1n) is 7.77. The molecule has 2 amide bonds. The molecule has 1 aromatic heterocycles. The van der Waals surface area contributed by atoms with Gasteiger partial charge in [-0.3, -0.25) is 14.6 Å². The molecule has 0 bridgehead atoms. The molecule has 2 rings (SSSR count). The zero-order chi connectivity index (χ0) is 19.4. The number of para-hydroxylation sites is 1. The summed E-state index contributed by atoms with van der Waals surface area (Å²) >= 11 is 0. The van der Waals surface area contributed by atoms with Gasteiger partial charge in [0.05, 0.1) is 11.3 Å². The number of carbonyl (C=O) groups is 2. The van der Waals surface area contributed by atoms with Gasteiger partial charge in [0.25, 0.3) is 0 Å². The van der Waals surface area contributed by atoms with Crippen LogP contribution in [0.2, 0.25) is 0 Å². The van der Waals surface area contributed by atoms with Crippen LogP contribution in [0.3, 0.4) is 0 Å². The van der Waals surface area contributed by atoms with E-state index in [1.54, 1.807) is 24.5 Å². The van der Waals surface area contributed by atoms with Crippen molar-refractivity contribution in [3.8, 4) is 0 Å². The lowest BCUT2D eigenvalue weighted by Gasteiger charge is -2.24. The van der Waals surface area contributed by atoms with Crippen LogP contribution in [0, 0.1) is 5.41 Å². The number of halogens is 3. The van der Waals surface area contributed by atoms with Gasteiger partial charge in [-0.05, 0) is 37.6 Å². The van der Waals surface area contributed by atoms with Crippen LogP contribution in [0.4, 0.5) is 18.9 Å². The molecule has 8 heteroatoms. The minimum Gasteiger partial charge on any atom is -0.351 e. The van der Waals surface area contributed by atoms with Crippen LogP contribution < -0.4 is 10.6 Å². The van der Waals surface area contributed by atoms with Crippen LogP contribution in [0.1, 0.15) is 25.0 Å². The number of carbonyl (C=O) groups excluding carboxylic acids is 2. The Kier molecular flexibility index (Phi) is 5.64.